The van der Waals surface area contributed by atoms with E-state index in [4.69, 9.17) is 4.98 Å². The van der Waals surface area contributed by atoms with E-state index in [9.17, 15) is 5.11 Å². The van der Waals surface area contributed by atoms with E-state index in [2.05, 4.69) is 66.1 Å². The summed E-state index contributed by atoms with van der Waals surface area (Å²) >= 11 is 1.90. The van der Waals surface area contributed by atoms with Gasteiger partial charge in [0.1, 0.15) is 0 Å². The maximum absolute atomic E-state index is 11.7. The lowest BCUT2D eigenvalue weighted by Crippen LogP contribution is -2.46. The van der Waals surface area contributed by atoms with Crippen LogP contribution >= 0.6 is 11.8 Å². The smallest absolute Gasteiger partial charge is 0.0958 e. The summed E-state index contributed by atoms with van der Waals surface area (Å²) in [6.07, 6.45) is 7.43. The molecule has 3 nitrogen and oxygen atoms in total. The van der Waals surface area contributed by atoms with Crippen LogP contribution in [0.2, 0.25) is 0 Å². The Morgan fingerprint density at radius 1 is 1.13 bits per heavy atom. The lowest BCUT2D eigenvalue weighted by molar-refractivity contribution is 0.00157. The molecule has 3 aliphatic rings. The van der Waals surface area contributed by atoms with Crippen molar-refractivity contribution in [1.29, 1.82) is 0 Å². The first kappa shape index (κ1) is 19.4. The molecule has 4 atom stereocenters. The third-order valence-electron chi connectivity index (χ3n) is 7.81. The van der Waals surface area contributed by atoms with Crippen molar-refractivity contribution in [2.75, 3.05) is 5.75 Å². The summed E-state index contributed by atoms with van der Waals surface area (Å²) in [6, 6.07) is 19.1. The maximum Gasteiger partial charge on any atom is 0.0958 e. The normalized spacial score (nSPS) is 27.7. The van der Waals surface area contributed by atoms with E-state index >= 15 is 0 Å². The molecular formula is C27H28N2OS. The van der Waals surface area contributed by atoms with Crippen LogP contribution in [0.3, 0.4) is 0 Å². The molecule has 4 heteroatoms. The molecule has 2 aliphatic heterocycles. The lowest BCUT2D eigenvalue weighted by atomic mass is 9.59. The molecule has 0 saturated heterocycles. The lowest BCUT2D eigenvalue weighted by Gasteiger charge is -2.49. The molecule has 2 aromatic carbocycles. The molecule has 4 unspecified atom stereocenters. The first-order valence-corrected chi connectivity index (χ1v) is 12.3. The molecule has 3 aromatic rings. The Bertz CT molecular complexity index is 1150. The van der Waals surface area contributed by atoms with E-state index in [1.807, 2.05) is 24.2 Å². The van der Waals surface area contributed by atoms with E-state index in [1.165, 1.54) is 27.3 Å². The largest absolute Gasteiger partial charge is 0.392 e. The van der Waals surface area contributed by atoms with Gasteiger partial charge < -0.3 is 9.67 Å². The van der Waals surface area contributed by atoms with Crippen LogP contribution in [-0.2, 0) is 6.54 Å². The zero-order valence-electron chi connectivity index (χ0n) is 17.9. The Morgan fingerprint density at radius 2 is 1.94 bits per heavy atom. The molecule has 1 aliphatic carbocycles. The molecule has 0 bridgehead atoms. The summed E-state index contributed by atoms with van der Waals surface area (Å²) in [7, 11) is 0. The Labute approximate surface area is 188 Å². The number of benzene rings is 2. The van der Waals surface area contributed by atoms with Crippen LogP contribution in [0.25, 0.3) is 17.3 Å². The number of fused-ring (bicyclic) bond motifs is 3. The average Bonchev–Trinajstić information content (AvgIpc) is 3.41. The molecule has 1 saturated carbocycles. The van der Waals surface area contributed by atoms with Crippen molar-refractivity contribution in [2.45, 2.75) is 49.6 Å². The summed E-state index contributed by atoms with van der Waals surface area (Å²) < 4.78 is 2.31. The van der Waals surface area contributed by atoms with Crippen molar-refractivity contribution in [3.63, 3.8) is 0 Å². The fraction of sp³-hybridized carbons (Fsp3) is 0.370. The van der Waals surface area contributed by atoms with Crippen LogP contribution in [0.1, 0.15) is 43.4 Å². The molecule has 31 heavy (non-hydrogen) atoms. The van der Waals surface area contributed by atoms with Gasteiger partial charge in [0.05, 0.1) is 23.8 Å². The third-order valence-corrected chi connectivity index (χ3v) is 9.02. The van der Waals surface area contributed by atoms with E-state index < -0.39 is 0 Å². The quantitative estimate of drug-likeness (QED) is 0.556. The van der Waals surface area contributed by atoms with E-state index in [-0.39, 0.29) is 23.4 Å². The van der Waals surface area contributed by atoms with Gasteiger partial charge in [-0.1, -0.05) is 61.0 Å². The van der Waals surface area contributed by atoms with Gasteiger partial charge in [-0.25, -0.2) is 4.98 Å². The Morgan fingerprint density at radius 3 is 2.81 bits per heavy atom. The van der Waals surface area contributed by atoms with Crippen LogP contribution in [0.5, 0.6) is 0 Å². The second kappa shape index (κ2) is 7.39. The van der Waals surface area contributed by atoms with Crippen LogP contribution < -0.4 is 0 Å². The highest BCUT2D eigenvalue weighted by Crippen LogP contribution is 2.54. The molecule has 1 aromatic heterocycles. The highest BCUT2D eigenvalue weighted by atomic mass is 32.2. The van der Waals surface area contributed by atoms with E-state index in [0.29, 0.717) is 0 Å². The highest BCUT2D eigenvalue weighted by molar-refractivity contribution is 7.99. The number of nitrogens with zero attached hydrogens (tertiary/aromatic N) is 2. The van der Waals surface area contributed by atoms with E-state index in [0.717, 1.165) is 37.3 Å². The fourth-order valence-corrected chi connectivity index (χ4v) is 7.41. The third kappa shape index (κ3) is 3.03. The summed E-state index contributed by atoms with van der Waals surface area (Å²) in [5.41, 5.74) is 6.26. The number of imidazole rings is 1. The minimum atomic E-state index is -0.316. The molecule has 158 valence electrons. The molecule has 1 fully saturated rings. The van der Waals surface area contributed by atoms with Gasteiger partial charge in [0.25, 0.3) is 0 Å². The second-order valence-corrected chi connectivity index (χ2v) is 10.6. The predicted octanol–water partition coefficient (Wildman–Crippen LogP) is 6.00. The van der Waals surface area contributed by atoms with Gasteiger partial charge in [0, 0.05) is 34.1 Å². The number of aliphatic hydroxyl groups excluding tert-OH is 1. The van der Waals surface area contributed by atoms with Crippen LogP contribution in [0, 0.1) is 11.3 Å². The SMILES string of the molecule is CC12Cn3cnc(-c4ccccc4)c3C=C1CCCC2C(O)C1CSc2ccccc21. The van der Waals surface area contributed by atoms with Crippen molar-refractivity contribution in [2.24, 2.45) is 11.3 Å². The Hall–Kier alpha value is -2.30. The fourth-order valence-electron chi connectivity index (χ4n) is 6.12. The van der Waals surface area contributed by atoms with E-state index in [1.54, 1.807) is 0 Å². The second-order valence-electron chi connectivity index (χ2n) is 9.50. The van der Waals surface area contributed by atoms with Crippen LogP contribution in [0.15, 0.2) is 71.4 Å². The zero-order valence-corrected chi connectivity index (χ0v) is 18.7. The molecule has 0 radical (unpaired) electrons. The van der Waals surface area contributed by atoms with Crippen molar-refractivity contribution in [3.05, 3.63) is 77.8 Å². The predicted molar refractivity (Wildman–Crippen MR) is 127 cm³/mol. The molecule has 0 spiro atoms. The molecule has 6 rings (SSSR count). The average molecular weight is 429 g/mol. The minimum Gasteiger partial charge on any atom is -0.392 e. The van der Waals surface area contributed by atoms with Gasteiger partial charge in [0.2, 0.25) is 0 Å². The first-order valence-electron chi connectivity index (χ1n) is 11.4. The van der Waals surface area contributed by atoms with Gasteiger partial charge in [-0.2, -0.15) is 0 Å². The molecule has 0 amide bonds. The van der Waals surface area contributed by atoms with Gasteiger partial charge >= 0.3 is 0 Å². The number of rotatable bonds is 3. The number of hydrogen-bond acceptors (Lipinski definition) is 3. The number of aliphatic hydroxyl groups is 1. The van der Waals surface area contributed by atoms with Gasteiger partial charge in [-0.05, 0) is 42.9 Å². The van der Waals surface area contributed by atoms with Crippen LogP contribution in [-0.4, -0.2) is 26.5 Å². The topological polar surface area (TPSA) is 38.0 Å². The number of aromatic nitrogens is 2. The van der Waals surface area contributed by atoms with Gasteiger partial charge in [-0.15, -0.1) is 11.8 Å². The molecule has 1 N–H and O–H groups in total. The summed E-state index contributed by atoms with van der Waals surface area (Å²) in [4.78, 5) is 6.13. The highest BCUT2D eigenvalue weighted by Gasteiger charge is 2.48. The van der Waals surface area contributed by atoms with Gasteiger partial charge in [0.15, 0.2) is 0 Å². The maximum atomic E-state index is 11.7. The Balaban J connectivity index is 1.36. The standard InChI is InChI=1S/C27H28N2OS/c1-27-16-29-17-28-25(18-8-3-2-4-9-18)23(29)14-19(27)10-7-12-22(27)26(30)21-15-31-24-13-6-5-11-20(21)24/h2-6,8-9,11,13-14,17,21-22,26,30H,7,10,12,15-16H2,1H3. The van der Waals surface area contributed by atoms with Crippen molar-refractivity contribution < 1.29 is 5.11 Å². The van der Waals surface area contributed by atoms with Crippen molar-refractivity contribution >= 4 is 17.8 Å². The number of thioether (sulfide) groups is 1. The zero-order chi connectivity index (χ0) is 21.0. The Kier molecular flexibility index (Phi) is 4.62. The molecular weight excluding hydrogens is 400 g/mol. The van der Waals surface area contributed by atoms with Crippen molar-refractivity contribution in [1.82, 2.24) is 9.55 Å². The summed E-state index contributed by atoms with van der Waals surface area (Å²) in [5.74, 6) is 1.48. The number of allylic oxidation sites excluding steroid dienone is 1. The minimum absolute atomic E-state index is 0.0263. The van der Waals surface area contributed by atoms with Gasteiger partial charge in [-0.3, -0.25) is 0 Å². The summed E-state index contributed by atoms with van der Waals surface area (Å²) in [5, 5.41) is 11.7. The monoisotopic (exact) mass is 428 g/mol. The van der Waals surface area contributed by atoms with Crippen molar-refractivity contribution in [3.8, 4) is 11.3 Å². The first-order chi connectivity index (χ1) is 15.1. The van der Waals surface area contributed by atoms with Crippen LogP contribution in [0.4, 0.5) is 0 Å². The summed E-state index contributed by atoms with van der Waals surface area (Å²) in [6.45, 7) is 3.28. The molecule has 3 heterocycles. The number of hydrogen-bond donors (Lipinski definition) is 1.